The highest BCUT2D eigenvalue weighted by molar-refractivity contribution is 9.10. The Kier molecular flexibility index (Phi) is 3.40. The summed E-state index contributed by atoms with van der Waals surface area (Å²) in [6.45, 7) is 0. The van der Waals surface area contributed by atoms with Crippen LogP contribution in [0.4, 0.5) is 4.39 Å². The molecule has 4 heteroatoms. The van der Waals surface area contributed by atoms with E-state index >= 15 is 0 Å². The van der Waals surface area contributed by atoms with Crippen molar-refractivity contribution in [2.24, 2.45) is 0 Å². The van der Waals surface area contributed by atoms with E-state index in [0.717, 1.165) is 0 Å². The first-order chi connectivity index (χ1) is 8.19. The predicted octanol–water partition coefficient (Wildman–Crippen LogP) is 4.25. The molecule has 0 amide bonds. The summed E-state index contributed by atoms with van der Waals surface area (Å²) < 4.78 is 18.9. The second-order valence-electron chi connectivity index (χ2n) is 3.32. The standard InChI is InChI=1S/C13H7BrFNO/c14-13-5-4-12(17-13)7-10(8-16)9-2-1-3-11(15)6-9/h1-7H/b10-7+. The summed E-state index contributed by atoms with van der Waals surface area (Å²) in [6.07, 6.45) is 1.57. The van der Waals surface area contributed by atoms with Crippen LogP contribution >= 0.6 is 15.9 Å². The van der Waals surface area contributed by atoms with Gasteiger partial charge in [-0.3, -0.25) is 0 Å². The van der Waals surface area contributed by atoms with Crippen LogP contribution < -0.4 is 0 Å². The normalized spacial score (nSPS) is 11.2. The molecule has 0 aliphatic rings. The van der Waals surface area contributed by atoms with E-state index in [1.807, 2.05) is 6.07 Å². The van der Waals surface area contributed by atoms with Crippen LogP contribution in [0.1, 0.15) is 11.3 Å². The van der Waals surface area contributed by atoms with Gasteiger partial charge in [0.05, 0.1) is 11.6 Å². The maximum absolute atomic E-state index is 13.0. The fraction of sp³-hybridized carbons (Fsp3) is 0. The summed E-state index contributed by atoms with van der Waals surface area (Å²) in [4.78, 5) is 0. The van der Waals surface area contributed by atoms with Gasteiger partial charge >= 0.3 is 0 Å². The van der Waals surface area contributed by atoms with Crippen molar-refractivity contribution in [3.05, 3.63) is 58.2 Å². The Hall–Kier alpha value is -1.86. The first-order valence-corrected chi connectivity index (χ1v) is 5.61. The first-order valence-electron chi connectivity index (χ1n) is 4.82. The molecule has 0 saturated carbocycles. The van der Waals surface area contributed by atoms with Gasteiger partial charge < -0.3 is 4.42 Å². The lowest BCUT2D eigenvalue weighted by molar-refractivity contribution is 0.532. The van der Waals surface area contributed by atoms with Crippen LogP contribution in [0, 0.1) is 17.1 Å². The van der Waals surface area contributed by atoms with Crippen molar-refractivity contribution < 1.29 is 8.81 Å². The highest BCUT2D eigenvalue weighted by Gasteiger charge is 2.04. The molecule has 84 valence electrons. The number of halogens is 2. The van der Waals surface area contributed by atoms with E-state index in [0.29, 0.717) is 21.6 Å². The molecule has 2 rings (SSSR count). The predicted molar refractivity (Wildman–Crippen MR) is 66.3 cm³/mol. The Morgan fingerprint density at radius 3 is 2.76 bits per heavy atom. The maximum atomic E-state index is 13.0. The fourth-order valence-corrected chi connectivity index (χ4v) is 1.70. The van der Waals surface area contributed by atoms with Crippen LogP contribution in [0.15, 0.2) is 45.5 Å². The zero-order valence-corrected chi connectivity index (χ0v) is 10.2. The monoisotopic (exact) mass is 291 g/mol. The molecule has 2 nitrogen and oxygen atoms in total. The average Bonchev–Trinajstić information content (AvgIpc) is 2.72. The van der Waals surface area contributed by atoms with Crippen LogP contribution in [0.5, 0.6) is 0 Å². The third-order valence-electron chi connectivity index (χ3n) is 2.14. The lowest BCUT2D eigenvalue weighted by Gasteiger charge is -1.98. The van der Waals surface area contributed by atoms with Gasteiger partial charge in [-0.05, 0) is 51.8 Å². The lowest BCUT2D eigenvalue weighted by atomic mass is 10.1. The molecule has 0 bridgehead atoms. The van der Waals surface area contributed by atoms with Crippen molar-refractivity contribution in [3.63, 3.8) is 0 Å². The minimum atomic E-state index is -0.371. The minimum absolute atomic E-state index is 0.353. The third kappa shape index (κ3) is 2.83. The minimum Gasteiger partial charge on any atom is -0.450 e. The molecule has 1 heterocycles. The van der Waals surface area contributed by atoms with E-state index in [9.17, 15) is 4.39 Å². The second-order valence-corrected chi connectivity index (χ2v) is 4.10. The van der Waals surface area contributed by atoms with Crippen LogP contribution in [0.3, 0.4) is 0 Å². The molecular formula is C13H7BrFNO. The number of hydrogen-bond acceptors (Lipinski definition) is 2. The van der Waals surface area contributed by atoms with E-state index in [1.54, 1.807) is 30.3 Å². The van der Waals surface area contributed by atoms with Gasteiger partial charge in [0.2, 0.25) is 0 Å². The van der Waals surface area contributed by atoms with Gasteiger partial charge in [-0.2, -0.15) is 5.26 Å². The van der Waals surface area contributed by atoms with Crippen molar-refractivity contribution in [3.8, 4) is 6.07 Å². The molecule has 0 saturated heterocycles. The van der Waals surface area contributed by atoms with Crippen LogP contribution in [-0.2, 0) is 0 Å². The molecule has 0 aliphatic carbocycles. The van der Waals surface area contributed by atoms with Gasteiger partial charge in [-0.1, -0.05) is 12.1 Å². The van der Waals surface area contributed by atoms with Gasteiger partial charge in [0.15, 0.2) is 4.67 Å². The first kappa shape index (κ1) is 11.6. The second kappa shape index (κ2) is 4.98. The summed E-state index contributed by atoms with van der Waals surface area (Å²) in [5.41, 5.74) is 0.881. The summed E-state index contributed by atoms with van der Waals surface area (Å²) in [7, 11) is 0. The average molecular weight is 292 g/mol. The Bertz CT molecular complexity index is 610. The van der Waals surface area contributed by atoms with Gasteiger partial charge in [0, 0.05) is 0 Å². The van der Waals surface area contributed by atoms with E-state index in [-0.39, 0.29) is 5.82 Å². The molecule has 0 fully saturated rings. The summed E-state index contributed by atoms with van der Waals surface area (Å²) in [5, 5.41) is 9.04. The molecule has 0 spiro atoms. The Labute approximate surface area is 106 Å². The molecule has 2 aromatic rings. The van der Waals surface area contributed by atoms with Gasteiger partial charge in [-0.25, -0.2) is 4.39 Å². The van der Waals surface area contributed by atoms with Crippen molar-refractivity contribution >= 4 is 27.6 Å². The van der Waals surface area contributed by atoms with Crippen LogP contribution in [-0.4, -0.2) is 0 Å². The number of nitrogens with zero attached hydrogens (tertiary/aromatic N) is 1. The summed E-state index contributed by atoms with van der Waals surface area (Å²) in [6, 6.07) is 11.4. The van der Waals surface area contributed by atoms with E-state index in [4.69, 9.17) is 9.68 Å². The molecule has 17 heavy (non-hydrogen) atoms. The topological polar surface area (TPSA) is 36.9 Å². The number of rotatable bonds is 2. The lowest BCUT2D eigenvalue weighted by Crippen LogP contribution is -1.83. The molecule has 0 N–H and O–H groups in total. The van der Waals surface area contributed by atoms with Gasteiger partial charge in [0.25, 0.3) is 0 Å². The third-order valence-corrected chi connectivity index (χ3v) is 2.56. The Balaban J connectivity index is 2.41. The largest absolute Gasteiger partial charge is 0.450 e. The zero-order valence-electron chi connectivity index (χ0n) is 8.65. The van der Waals surface area contributed by atoms with Crippen molar-refractivity contribution in [1.29, 1.82) is 5.26 Å². The quantitative estimate of drug-likeness (QED) is 0.776. The highest BCUT2D eigenvalue weighted by Crippen LogP contribution is 2.21. The molecular weight excluding hydrogens is 285 g/mol. The number of nitriles is 1. The molecule has 0 unspecified atom stereocenters. The van der Waals surface area contributed by atoms with Crippen molar-refractivity contribution in [1.82, 2.24) is 0 Å². The summed E-state index contributed by atoms with van der Waals surface area (Å²) in [5.74, 6) is 0.168. The number of furan rings is 1. The number of hydrogen-bond donors (Lipinski definition) is 0. The fourth-order valence-electron chi connectivity index (χ4n) is 1.38. The molecule has 1 aromatic carbocycles. The zero-order chi connectivity index (χ0) is 12.3. The maximum Gasteiger partial charge on any atom is 0.169 e. The Morgan fingerprint density at radius 1 is 1.35 bits per heavy atom. The van der Waals surface area contributed by atoms with Crippen molar-refractivity contribution in [2.45, 2.75) is 0 Å². The number of allylic oxidation sites excluding steroid dienone is 1. The smallest absolute Gasteiger partial charge is 0.169 e. The molecule has 0 aliphatic heterocycles. The van der Waals surface area contributed by atoms with Gasteiger partial charge in [0.1, 0.15) is 11.6 Å². The highest BCUT2D eigenvalue weighted by atomic mass is 79.9. The SMILES string of the molecule is N#C/C(=C\c1ccc(Br)o1)c1cccc(F)c1. The van der Waals surface area contributed by atoms with E-state index in [1.165, 1.54) is 12.1 Å². The number of benzene rings is 1. The van der Waals surface area contributed by atoms with Gasteiger partial charge in [-0.15, -0.1) is 0 Å². The molecule has 0 atom stereocenters. The van der Waals surface area contributed by atoms with E-state index < -0.39 is 0 Å². The Morgan fingerprint density at radius 2 is 2.18 bits per heavy atom. The molecule has 1 aromatic heterocycles. The van der Waals surface area contributed by atoms with E-state index in [2.05, 4.69) is 15.9 Å². The van der Waals surface area contributed by atoms with Crippen LogP contribution in [0.2, 0.25) is 0 Å². The summed E-state index contributed by atoms with van der Waals surface area (Å²) >= 11 is 3.17. The molecule has 0 radical (unpaired) electrons. The van der Waals surface area contributed by atoms with Crippen LogP contribution in [0.25, 0.3) is 11.6 Å². The van der Waals surface area contributed by atoms with Crippen molar-refractivity contribution in [2.75, 3.05) is 0 Å².